The molecular weight excluding hydrogens is 326 g/mol. The summed E-state index contributed by atoms with van der Waals surface area (Å²) in [7, 11) is 0. The van der Waals surface area contributed by atoms with Gasteiger partial charge >= 0.3 is 0 Å². The number of guanidine groups is 1. The molecule has 0 bridgehead atoms. The van der Waals surface area contributed by atoms with Gasteiger partial charge in [0.25, 0.3) is 0 Å². The molecule has 1 aromatic heterocycles. The van der Waals surface area contributed by atoms with Gasteiger partial charge in [-0.2, -0.15) is 0 Å². The van der Waals surface area contributed by atoms with Crippen molar-refractivity contribution in [3.05, 3.63) is 17.0 Å². The number of nitrogens with one attached hydrogen (secondary N) is 2. The molecule has 1 aliphatic heterocycles. The van der Waals surface area contributed by atoms with Gasteiger partial charge < -0.3 is 15.2 Å². The topological polar surface area (TPSA) is 65.7 Å². The van der Waals surface area contributed by atoms with E-state index in [1.165, 1.54) is 32.4 Å². The van der Waals surface area contributed by atoms with E-state index < -0.39 is 0 Å². The average molecular weight is 364 g/mol. The average Bonchev–Trinajstić information content (AvgIpc) is 3.06. The molecule has 0 atom stereocenters. The molecule has 1 saturated heterocycles. The maximum Gasteiger partial charge on any atom is 0.191 e. The lowest BCUT2D eigenvalue weighted by atomic mass is 9.98. The zero-order valence-corrected chi connectivity index (χ0v) is 17.3. The molecule has 1 aliphatic rings. The van der Waals surface area contributed by atoms with Crippen molar-refractivity contribution in [2.45, 2.75) is 78.8 Å². The fourth-order valence-electron chi connectivity index (χ4n) is 3.53. The zero-order valence-electron chi connectivity index (χ0n) is 17.3. The molecule has 6 nitrogen and oxygen atoms in total. The zero-order chi connectivity index (χ0) is 19.0. The minimum atomic E-state index is 0.122. The highest BCUT2D eigenvalue weighted by Gasteiger charge is 2.27. The second-order valence-electron chi connectivity index (χ2n) is 7.65. The van der Waals surface area contributed by atoms with Crippen LogP contribution in [0.1, 0.15) is 70.9 Å². The minimum Gasteiger partial charge on any atom is -0.361 e. The number of aryl methyl sites for hydroxylation is 2. The number of nitrogens with zero attached hydrogens (tertiary/aromatic N) is 3. The Labute approximate surface area is 158 Å². The summed E-state index contributed by atoms with van der Waals surface area (Å²) >= 11 is 0. The summed E-state index contributed by atoms with van der Waals surface area (Å²) in [6, 6.07) is 0. The molecule has 2 heterocycles. The molecule has 148 valence electrons. The van der Waals surface area contributed by atoms with Crippen molar-refractivity contribution in [3.63, 3.8) is 0 Å². The van der Waals surface area contributed by atoms with Gasteiger partial charge in [-0.25, -0.2) is 4.99 Å². The number of hydrogen-bond donors (Lipinski definition) is 2. The SMILES string of the molecule is CCNC(=NCc1c(CC)noc1CC)NCC(C)(C)N1CCCCC1. The predicted octanol–water partition coefficient (Wildman–Crippen LogP) is 3.12. The van der Waals surface area contributed by atoms with E-state index in [2.05, 4.69) is 55.3 Å². The first-order chi connectivity index (χ1) is 12.5. The first-order valence-corrected chi connectivity index (χ1v) is 10.2. The molecule has 2 rings (SSSR count). The summed E-state index contributed by atoms with van der Waals surface area (Å²) in [6.45, 7) is 15.7. The number of rotatable bonds is 8. The quantitative estimate of drug-likeness (QED) is 0.549. The standard InChI is InChI=1S/C20H37N5O/c1-6-17-16(18(7-2)26-24-17)14-22-19(21-8-3)23-15-20(4,5)25-12-10-9-11-13-25/h6-15H2,1-5H3,(H2,21,22,23). The van der Waals surface area contributed by atoms with Gasteiger partial charge in [0.2, 0.25) is 0 Å². The van der Waals surface area contributed by atoms with Crippen molar-refractivity contribution >= 4 is 5.96 Å². The molecule has 0 saturated carbocycles. The van der Waals surface area contributed by atoms with Crippen LogP contribution in [-0.4, -0.2) is 47.7 Å². The molecule has 6 heteroatoms. The first kappa shape index (κ1) is 20.7. The summed E-state index contributed by atoms with van der Waals surface area (Å²) in [6.07, 6.45) is 5.71. The van der Waals surface area contributed by atoms with Crippen molar-refractivity contribution in [2.75, 3.05) is 26.2 Å². The van der Waals surface area contributed by atoms with Crippen molar-refractivity contribution in [1.29, 1.82) is 0 Å². The molecular formula is C20H37N5O. The summed E-state index contributed by atoms with van der Waals surface area (Å²) in [5.41, 5.74) is 2.29. The van der Waals surface area contributed by atoms with Crippen LogP contribution in [0.15, 0.2) is 9.52 Å². The van der Waals surface area contributed by atoms with Crippen LogP contribution in [0.25, 0.3) is 0 Å². The van der Waals surface area contributed by atoms with Crippen molar-refractivity contribution < 1.29 is 4.52 Å². The van der Waals surface area contributed by atoms with Crippen LogP contribution in [0.2, 0.25) is 0 Å². The van der Waals surface area contributed by atoms with Crippen LogP contribution in [-0.2, 0) is 19.4 Å². The maximum atomic E-state index is 5.45. The van der Waals surface area contributed by atoms with E-state index in [9.17, 15) is 0 Å². The first-order valence-electron chi connectivity index (χ1n) is 10.2. The van der Waals surface area contributed by atoms with Gasteiger partial charge in [0.1, 0.15) is 5.76 Å². The molecule has 0 aliphatic carbocycles. The Morgan fingerprint density at radius 2 is 1.85 bits per heavy atom. The van der Waals surface area contributed by atoms with E-state index in [4.69, 9.17) is 9.52 Å². The van der Waals surface area contributed by atoms with E-state index in [1.54, 1.807) is 0 Å². The van der Waals surface area contributed by atoms with Crippen LogP contribution in [0, 0.1) is 0 Å². The third kappa shape index (κ3) is 5.47. The van der Waals surface area contributed by atoms with E-state index in [-0.39, 0.29) is 5.54 Å². The van der Waals surface area contributed by atoms with Crippen LogP contribution in [0.4, 0.5) is 0 Å². The summed E-state index contributed by atoms with van der Waals surface area (Å²) in [5, 5.41) is 11.1. The third-order valence-corrected chi connectivity index (χ3v) is 5.25. The van der Waals surface area contributed by atoms with E-state index in [0.717, 1.165) is 48.9 Å². The predicted molar refractivity (Wildman–Crippen MR) is 108 cm³/mol. The summed E-state index contributed by atoms with van der Waals surface area (Å²) < 4.78 is 5.45. The molecule has 26 heavy (non-hydrogen) atoms. The Balaban J connectivity index is 2.01. The van der Waals surface area contributed by atoms with Gasteiger partial charge in [-0.15, -0.1) is 0 Å². The van der Waals surface area contributed by atoms with Crippen molar-refractivity contribution in [2.24, 2.45) is 4.99 Å². The Kier molecular flexibility index (Phi) is 7.94. The largest absolute Gasteiger partial charge is 0.361 e. The highest BCUT2D eigenvalue weighted by Crippen LogP contribution is 2.20. The molecule has 1 fully saturated rings. The molecule has 0 aromatic carbocycles. The van der Waals surface area contributed by atoms with E-state index in [1.807, 2.05) is 0 Å². The van der Waals surface area contributed by atoms with Gasteiger partial charge in [-0.05, 0) is 53.1 Å². The number of aliphatic imine (C=N–C) groups is 1. The van der Waals surface area contributed by atoms with Gasteiger partial charge in [0.15, 0.2) is 5.96 Å². The highest BCUT2D eigenvalue weighted by atomic mass is 16.5. The van der Waals surface area contributed by atoms with Gasteiger partial charge in [0.05, 0.1) is 12.2 Å². The summed E-state index contributed by atoms with van der Waals surface area (Å²) in [5.74, 6) is 1.82. The van der Waals surface area contributed by atoms with Crippen LogP contribution >= 0.6 is 0 Å². The van der Waals surface area contributed by atoms with Crippen LogP contribution < -0.4 is 10.6 Å². The fourth-order valence-corrected chi connectivity index (χ4v) is 3.53. The van der Waals surface area contributed by atoms with Gasteiger partial charge in [-0.1, -0.05) is 25.4 Å². The Morgan fingerprint density at radius 1 is 1.12 bits per heavy atom. The Bertz CT molecular complexity index is 551. The molecule has 2 N–H and O–H groups in total. The fraction of sp³-hybridized carbons (Fsp3) is 0.800. The molecule has 0 unspecified atom stereocenters. The third-order valence-electron chi connectivity index (χ3n) is 5.25. The number of piperidine rings is 1. The summed E-state index contributed by atoms with van der Waals surface area (Å²) in [4.78, 5) is 7.39. The maximum absolute atomic E-state index is 5.45. The number of aromatic nitrogens is 1. The Hall–Kier alpha value is -1.56. The lowest BCUT2D eigenvalue weighted by Gasteiger charge is -2.41. The molecule has 0 spiro atoms. The highest BCUT2D eigenvalue weighted by molar-refractivity contribution is 5.79. The minimum absolute atomic E-state index is 0.122. The lowest BCUT2D eigenvalue weighted by Crippen LogP contribution is -2.54. The van der Waals surface area contributed by atoms with E-state index >= 15 is 0 Å². The lowest BCUT2D eigenvalue weighted by molar-refractivity contribution is 0.0982. The van der Waals surface area contributed by atoms with Crippen molar-refractivity contribution in [3.8, 4) is 0 Å². The van der Waals surface area contributed by atoms with Crippen LogP contribution in [0.5, 0.6) is 0 Å². The number of hydrogen-bond acceptors (Lipinski definition) is 4. The second-order valence-corrected chi connectivity index (χ2v) is 7.65. The molecule has 0 amide bonds. The molecule has 0 radical (unpaired) electrons. The number of likely N-dealkylation sites (tertiary alicyclic amines) is 1. The Morgan fingerprint density at radius 3 is 2.46 bits per heavy atom. The smallest absolute Gasteiger partial charge is 0.191 e. The van der Waals surface area contributed by atoms with Gasteiger partial charge in [-0.3, -0.25) is 4.90 Å². The monoisotopic (exact) mass is 363 g/mol. The van der Waals surface area contributed by atoms with Gasteiger partial charge in [0, 0.05) is 30.6 Å². The molecule has 1 aromatic rings. The second kappa shape index (κ2) is 9.95. The van der Waals surface area contributed by atoms with E-state index in [0.29, 0.717) is 6.54 Å². The normalized spacial score (nSPS) is 16.7. The van der Waals surface area contributed by atoms with Crippen molar-refractivity contribution in [1.82, 2.24) is 20.7 Å². The van der Waals surface area contributed by atoms with Crippen LogP contribution in [0.3, 0.4) is 0 Å².